The van der Waals surface area contributed by atoms with Gasteiger partial charge in [0.05, 0.1) is 6.26 Å². The number of nitrogens with zero attached hydrogens (tertiary/aromatic N) is 2. The fourth-order valence-corrected chi connectivity index (χ4v) is 1.85. The van der Waals surface area contributed by atoms with Gasteiger partial charge in [-0.25, -0.2) is 4.18 Å². The maximum atomic E-state index is 11.0. The topological polar surface area (TPSA) is 49.9 Å². The molecule has 1 aliphatic rings. The van der Waals surface area contributed by atoms with Gasteiger partial charge >= 0.3 is 0 Å². The van der Waals surface area contributed by atoms with Crippen LogP contribution in [0, 0.1) is 0 Å². The lowest BCUT2D eigenvalue weighted by Gasteiger charge is -2.28. The van der Waals surface area contributed by atoms with E-state index in [1.54, 1.807) is 18.1 Å². The van der Waals surface area contributed by atoms with E-state index in [1.165, 1.54) is 0 Å². The van der Waals surface area contributed by atoms with E-state index in [9.17, 15) is 8.42 Å². The van der Waals surface area contributed by atoms with Gasteiger partial charge in [0, 0.05) is 26.0 Å². The zero-order valence-corrected chi connectivity index (χ0v) is 9.49. The van der Waals surface area contributed by atoms with E-state index in [1.807, 2.05) is 18.0 Å². The minimum Gasteiger partial charge on any atom is -0.336 e. The predicted molar refractivity (Wildman–Crippen MR) is 53.6 cm³/mol. The van der Waals surface area contributed by atoms with Crippen LogP contribution in [0.5, 0.6) is 0 Å². The van der Waals surface area contributed by atoms with Gasteiger partial charge in [-0.15, -0.1) is 0 Å². The first-order valence-electron chi connectivity index (χ1n) is 4.48. The quantitative estimate of drug-likeness (QED) is 0.641. The molecule has 0 radical (unpaired) electrons. The van der Waals surface area contributed by atoms with E-state index in [4.69, 9.17) is 4.18 Å². The molecule has 0 fully saturated rings. The molecule has 1 rings (SSSR count). The molecule has 0 bridgehead atoms. The van der Waals surface area contributed by atoms with Gasteiger partial charge in [-0.05, 0) is 6.42 Å². The minimum absolute atomic E-state index is 0.523. The lowest BCUT2D eigenvalue weighted by Crippen LogP contribution is -2.40. The average molecular weight is 220 g/mol. The summed E-state index contributed by atoms with van der Waals surface area (Å²) in [6.45, 7) is 2.81. The van der Waals surface area contributed by atoms with Gasteiger partial charge in [-0.2, -0.15) is 8.42 Å². The van der Waals surface area contributed by atoms with Crippen molar-refractivity contribution in [2.24, 2.45) is 0 Å². The van der Waals surface area contributed by atoms with Crippen molar-refractivity contribution in [2.45, 2.75) is 19.7 Å². The van der Waals surface area contributed by atoms with Crippen LogP contribution in [0.25, 0.3) is 0 Å². The Balaban J connectivity index is 2.66. The van der Waals surface area contributed by atoms with Crippen LogP contribution in [0.1, 0.15) is 13.3 Å². The summed E-state index contributed by atoms with van der Waals surface area (Å²) >= 11 is 0. The summed E-state index contributed by atoms with van der Waals surface area (Å²) in [5.41, 5.74) is 0. The van der Waals surface area contributed by atoms with Gasteiger partial charge in [0.15, 0.2) is 0 Å². The predicted octanol–water partition coefficient (Wildman–Crippen LogP) is 0.375. The third kappa shape index (κ3) is 2.88. The Bertz CT molecular complexity index is 313. The third-order valence-corrected chi connectivity index (χ3v) is 2.39. The van der Waals surface area contributed by atoms with Crippen molar-refractivity contribution in [2.75, 3.05) is 19.8 Å². The minimum atomic E-state index is -3.42. The Labute approximate surface area is 85.1 Å². The molecule has 0 aromatic carbocycles. The molecule has 1 aliphatic heterocycles. The molecular formula is C8H16N2O3S. The third-order valence-electron chi connectivity index (χ3n) is 1.87. The van der Waals surface area contributed by atoms with Crippen LogP contribution in [-0.4, -0.2) is 44.4 Å². The van der Waals surface area contributed by atoms with E-state index in [-0.39, 0.29) is 0 Å². The molecule has 0 saturated carbocycles. The molecule has 14 heavy (non-hydrogen) atoms. The van der Waals surface area contributed by atoms with E-state index in [0.29, 0.717) is 0 Å². The first-order valence-corrected chi connectivity index (χ1v) is 6.30. The van der Waals surface area contributed by atoms with E-state index >= 15 is 0 Å². The first kappa shape index (κ1) is 11.3. The van der Waals surface area contributed by atoms with Gasteiger partial charge < -0.3 is 9.80 Å². The highest BCUT2D eigenvalue weighted by Gasteiger charge is 2.27. The van der Waals surface area contributed by atoms with Crippen LogP contribution in [0.3, 0.4) is 0 Å². The lowest BCUT2D eigenvalue weighted by atomic mass is 10.4. The SMILES string of the molecule is CCCN1C=CN(C)C1OS(C)(=O)=O. The Morgan fingerprint density at radius 1 is 1.43 bits per heavy atom. The number of hydrogen-bond donors (Lipinski definition) is 0. The van der Waals surface area contributed by atoms with Gasteiger partial charge in [-0.3, -0.25) is 0 Å². The van der Waals surface area contributed by atoms with Crippen molar-refractivity contribution in [3.05, 3.63) is 12.4 Å². The van der Waals surface area contributed by atoms with Crippen LogP contribution >= 0.6 is 0 Å². The molecule has 0 saturated heterocycles. The largest absolute Gasteiger partial charge is 0.336 e. The molecule has 0 aromatic rings. The summed E-state index contributed by atoms with van der Waals surface area (Å²) < 4.78 is 26.9. The van der Waals surface area contributed by atoms with Gasteiger partial charge in [0.1, 0.15) is 0 Å². The highest BCUT2D eigenvalue weighted by Crippen LogP contribution is 2.16. The highest BCUT2D eigenvalue weighted by atomic mass is 32.2. The normalized spacial score (nSPS) is 22.1. The second-order valence-corrected chi connectivity index (χ2v) is 4.93. The van der Waals surface area contributed by atoms with Crippen LogP contribution in [0.15, 0.2) is 12.4 Å². The Hall–Kier alpha value is -0.750. The maximum absolute atomic E-state index is 11.0. The molecule has 0 amide bonds. The first-order chi connectivity index (χ1) is 6.44. The molecule has 1 unspecified atom stereocenters. The second kappa shape index (κ2) is 4.18. The molecule has 1 heterocycles. The zero-order valence-electron chi connectivity index (χ0n) is 8.67. The molecule has 6 heteroatoms. The van der Waals surface area contributed by atoms with Crippen molar-refractivity contribution >= 4 is 10.1 Å². The monoisotopic (exact) mass is 220 g/mol. The highest BCUT2D eigenvalue weighted by molar-refractivity contribution is 7.86. The maximum Gasteiger partial charge on any atom is 0.267 e. The van der Waals surface area contributed by atoms with Gasteiger partial charge in [0.2, 0.25) is 6.35 Å². The average Bonchev–Trinajstić information content (AvgIpc) is 2.34. The molecule has 82 valence electrons. The fraction of sp³-hybridized carbons (Fsp3) is 0.750. The van der Waals surface area contributed by atoms with E-state index in [0.717, 1.165) is 19.2 Å². The van der Waals surface area contributed by atoms with Crippen LogP contribution in [0.4, 0.5) is 0 Å². The smallest absolute Gasteiger partial charge is 0.267 e. The van der Waals surface area contributed by atoms with Crippen molar-refractivity contribution < 1.29 is 12.6 Å². The van der Waals surface area contributed by atoms with Crippen molar-refractivity contribution in [1.82, 2.24) is 9.80 Å². The van der Waals surface area contributed by atoms with Crippen LogP contribution < -0.4 is 0 Å². The molecule has 0 aliphatic carbocycles. The van der Waals surface area contributed by atoms with E-state index < -0.39 is 16.5 Å². The molecule has 0 aromatic heterocycles. The molecule has 1 atom stereocenters. The van der Waals surface area contributed by atoms with Crippen molar-refractivity contribution in [1.29, 1.82) is 0 Å². The lowest BCUT2D eigenvalue weighted by molar-refractivity contribution is -0.00752. The van der Waals surface area contributed by atoms with E-state index in [2.05, 4.69) is 0 Å². The summed E-state index contributed by atoms with van der Waals surface area (Å²) in [4.78, 5) is 3.57. The van der Waals surface area contributed by atoms with Crippen LogP contribution in [-0.2, 0) is 14.3 Å². The van der Waals surface area contributed by atoms with Crippen molar-refractivity contribution in [3.8, 4) is 0 Å². The molecular weight excluding hydrogens is 204 g/mol. The van der Waals surface area contributed by atoms with Gasteiger partial charge in [0.25, 0.3) is 10.1 Å². The zero-order chi connectivity index (χ0) is 10.8. The Morgan fingerprint density at radius 2 is 2.07 bits per heavy atom. The summed E-state index contributed by atoms with van der Waals surface area (Å²) in [5.74, 6) is 0. The summed E-state index contributed by atoms with van der Waals surface area (Å²) in [5, 5.41) is 0. The summed E-state index contributed by atoms with van der Waals surface area (Å²) in [6, 6.07) is 0. The Kier molecular flexibility index (Phi) is 3.38. The fourth-order valence-electron chi connectivity index (χ4n) is 1.29. The molecule has 0 spiro atoms. The molecule has 0 N–H and O–H groups in total. The van der Waals surface area contributed by atoms with Crippen LogP contribution in [0.2, 0.25) is 0 Å². The standard InChI is InChI=1S/C8H16N2O3S/c1-4-5-10-7-6-9(2)8(10)13-14(3,11)12/h6-8H,4-5H2,1-3H3. The molecule has 5 nitrogen and oxygen atoms in total. The summed E-state index contributed by atoms with van der Waals surface area (Å²) in [7, 11) is -1.64. The van der Waals surface area contributed by atoms with Crippen molar-refractivity contribution in [3.63, 3.8) is 0 Å². The second-order valence-electron chi connectivity index (χ2n) is 3.33. The number of rotatable bonds is 4. The number of hydrogen-bond acceptors (Lipinski definition) is 5. The van der Waals surface area contributed by atoms with Gasteiger partial charge in [-0.1, -0.05) is 6.92 Å². The Morgan fingerprint density at radius 3 is 2.57 bits per heavy atom. The summed E-state index contributed by atoms with van der Waals surface area (Å²) in [6.07, 6.45) is 5.11.